The molecule has 1 heterocycles. The Balaban J connectivity index is 2.27. The van der Waals surface area contributed by atoms with E-state index in [1.807, 2.05) is 14.0 Å². The van der Waals surface area contributed by atoms with E-state index in [0.717, 1.165) is 24.9 Å². The Morgan fingerprint density at radius 1 is 1.31 bits per heavy atom. The molecule has 0 saturated carbocycles. The zero-order chi connectivity index (χ0) is 11.8. The minimum atomic E-state index is -0.848. The lowest BCUT2D eigenvalue weighted by Gasteiger charge is -2.35. The Morgan fingerprint density at radius 3 is 2.44 bits per heavy atom. The van der Waals surface area contributed by atoms with Crippen molar-refractivity contribution >= 4 is 0 Å². The van der Waals surface area contributed by atoms with Crippen molar-refractivity contribution in [2.24, 2.45) is 0 Å². The molecule has 1 unspecified atom stereocenters. The predicted octanol–water partition coefficient (Wildman–Crippen LogP) is 1.69. The molecule has 3 heteroatoms. The number of likely N-dealkylation sites (N-methyl/N-ethyl adjacent to an activating group) is 1. The first kappa shape index (κ1) is 11.4. The van der Waals surface area contributed by atoms with Crippen LogP contribution in [0, 0.1) is 0 Å². The molecule has 2 rings (SSSR count). The molecule has 88 valence electrons. The van der Waals surface area contributed by atoms with Crippen molar-refractivity contribution in [3.63, 3.8) is 0 Å². The molecule has 0 spiro atoms. The predicted molar refractivity (Wildman–Crippen MR) is 63.3 cm³/mol. The molecular weight excluding hydrogens is 202 g/mol. The maximum atomic E-state index is 10.6. The minimum absolute atomic E-state index is 0.164. The van der Waals surface area contributed by atoms with Crippen molar-refractivity contribution in [2.45, 2.75) is 31.4 Å². The second-order valence-electron chi connectivity index (χ2n) is 4.83. The average Bonchev–Trinajstić information content (AvgIpc) is 2.66. The molecule has 1 aromatic carbocycles. The number of phenolic OH excluding ortho intramolecular Hbond substituents is 1. The summed E-state index contributed by atoms with van der Waals surface area (Å²) < 4.78 is 0. The summed E-state index contributed by atoms with van der Waals surface area (Å²) in [6.45, 7) is 2.89. The van der Waals surface area contributed by atoms with Crippen LogP contribution < -0.4 is 0 Å². The highest BCUT2D eigenvalue weighted by Gasteiger charge is 2.38. The number of rotatable bonds is 2. The molecule has 16 heavy (non-hydrogen) atoms. The van der Waals surface area contributed by atoms with Gasteiger partial charge >= 0.3 is 0 Å². The first-order chi connectivity index (χ1) is 7.51. The fourth-order valence-electron chi connectivity index (χ4n) is 2.61. The molecule has 1 aliphatic rings. The lowest BCUT2D eigenvalue weighted by atomic mass is 9.87. The molecule has 1 fully saturated rings. The van der Waals surface area contributed by atoms with Crippen LogP contribution >= 0.6 is 0 Å². The number of nitrogens with zero attached hydrogens (tertiary/aromatic N) is 1. The third-order valence-electron chi connectivity index (χ3n) is 3.62. The van der Waals surface area contributed by atoms with E-state index >= 15 is 0 Å². The quantitative estimate of drug-likeness (QED) is 0.798. The summed E-state index contributed by atoms with van der Waals surface area (Å²) in [5.74, 6) is 0.235. The Morgan fingerprint density at radius 2 is 1.94 bits per heavy atom. The van der Waals surface area contributed by atoms with Crippen LogP contribution in [-0.4, -0.2) is 34.7 Å². The standard InChI is InChI=1S/C13H19NO2/c1-13(16,12-4-3-9-14(12)2)10-5-7-11(15)8-6-10/h5-8,12,15-16H,3-4,9H2,1-2H3/t12-,13?/m1/s1. The number of likely N-dealkylation sites (tertiary alicyclic amines) is 1. The Kier molecular flexibility index (Phi) is 2.91. The fraction of sp³-hybridized carbons (Fsp3) is 0.538. The van der Waals surface area contributed by atoms with Crippen LogP contribution in [-0.2, 0) is 5.60 Å². The van der Waals surface area contributed by atoms with Gasteiger partial charge in [-0.1, -0.05) is 12.1 Å². The van der Waals surface area contributed by atoms with Crippen LogP contribution in [0.4, 0.5) is 0 Å². The molecule has 0 aliphatic carbocycles. The highest BCUT2D eigenvalue weighted by atomic mass is 16.3. The maximum Gasteiger partial charge on any atom is 0.115 e. The topological polar surface area (TPSA) is 43.7 Å². The van der Waals surface area contributed by atoms with Crippen LogP contribution in [0.25, 0.3) is 0 Å². The minimum Gasteiger partial charge on any atom is -0.508 e. The highest BCUT2D eigenvalue weighted by Crippen LogP contribution is 2.34. The van der Waals surface area contributed by atoms with Gasteiger partial charge in [-0.15, -0.1) is 0 Å². The van der Waals surface area contributed by atoms with E-state index in [9.17, 15) is 10.2 Å². The summed E-state index contributed by atoms with van der Waals surface area (Å²) in [4.78, 5) is 2.20. The van der Waals surface area contributed by atoms with E-state index in [1.165, 1.54) is 0 Å². The van der Waals surface area contributed by atoms with Gasteiger partial charge in [-0.2, -0.15) is 0 Å². The molecule has 1 saturated heterocycles. The number of benzene rings is 1. The van der Waals surface area contributed by atoms with Crippen molar-refractivity contribution in [1.82, 2.24) is 4.90 Å². The molecule has 0 radical (unpaired) electrons. The molecular formula is C13H19NO2. The van der Waals surface area contributed by atoms with Gasteiger partial charge in [0.1, 0.15) is 11.4 Å². The van der Waals surface area contributed by atoms with Crippen LogP contribution in [0.15, 0.2) is 24.3 Å². The summed E-state index contributed by atoms with van der Waals surface area (Å²) in [6.07, 6.45) is 2.15. The van der Waals surface area contributed by atoms with Gasteiger partial charge in [0.05, 0.1) is 0 Å². The molecule has 1 aromatic rings. The number of hydrogen-bond donors (Lipinski definition) is 2. The van der Waals surface area contributed by atoms with Gasteiger partial charge in [0.15, 0.2) is 0 Å². The monoisotopic (exact) mass is 221 g/mol. The average molecular weight is 221 g/mol. The van der Waals surface area contributed by atoms with Crippen LogP contribution in [0.2, 0.25) is 0 Å². The molecule has 0 amide bonds. The first-order valence-corrected chi connectivity index (χ1v) is 5.74. The second-order valence-corrected chi connectivity index (χ2v) is 4.83. The lowest BCUT2D eigenvalue weighted by Crippen LogP contribution is -2.43. The van der Waals surface area contributed by atoms with E-state index in [0.29, 0.717) is 0 Å². The smallest absolute Gasteiger partial charge is 0.115 e. The third kappa shape index (κ3) is 1.93. The molecule has 0 bridgehead atoms. The fourth-order valence-corrected chi connectivity index (χ4v) is 2.61. The summed E-state index contributed by atoms with van der Waals surface area (Å²) in [6, 6.07) is 7.00. The van der Waals surface area contributed by atoms with Crippen LogP contribution in [0.5, 0.6) is 5.75 Å². The normalized spacial score (nSPS) is 25.6. The van der Waals surface area contributed by atoms with E-state index in [1.54, 1.807) is 24.3 Å². The maximum absolute atomic E-state index is 10.6. The summed E-state index contributed by atoms with van der Waals surface area (Å²) in [7, 11) is 2.05. The zero-order valence-electron chi connectivity index (χ0n) is 9.85. The second kappa shape index (κ2) is 4.07. The Labute approximate surface area is 96.3 Å². The number of aromatic hydroxyl groups is 1. The summed E-state index contributed by atoms with van der Waals surface area (Å²) in [5.41, 5.74) is 0.0166. The van der Waals surface area contributed by atoms with Crippen LogP contribution in [0.1, 0.15) is 25.3 Å². The summed E-state index contributed by atoms with van der Waals surface area (Å²) >= 11 is 0. The number of hydrogen-bond acceptors (Lipinski definition) is 3. The SMILES string of the molecule is CN1CCC[C@@H]1C(C)(O)c1ccc(O)cc1. The van der Waals surface area contributed by atoms with E-state index in [2.05, 4.69) is 4.90 Å². The number of aliphatic hydroxyl groups is 1. The van der Waals surface area contributed by atoms with Gasteiger partial charge < -0.3 is 15.1 Å². The molecule has 2 N–H and O–H groups in total. The largest absolute Gasteiger partial charge is 0.508 e. The number of phenols is 1. The van der Waals surface area contributed by atoms with E-state index < -0.39 is 5.60 Å². The van der Waals surface area contributed by atoms with Gasteiger partial charge in [-0.25, -0.2) is 0 Å². The first-order valence-electron chi connectivity index (χ1n) is 5.74. The molecule has 3 nitrogen and oxygen atoms in total. The Bertz CT molecular complexity index is 359. The van der Waals surface area contributed by atoms with E-state index in [4.69, 9.17) is 0 Å². The van der Waals surface area contributed by atoms with Crippen molar-refractivity contribution in [2.75, 3.05) is 13.6 Å². The molecule has 2 atom stereocenters. The van der Waals surface area contributed by atoms with Crippen molar-refractivity contribution in [3.8, 4) is 5.75 Å². The van der Waals surface area contributed by atoms with Crippen molar-refractivity contribution < 1.29 is 10.2 Å². The lowest BCUT2D eigenvalue weighted by molar-refractivity contribution is -0.0153. The van der Waals surface area contributed by atoms with Gasteiger partial charge in [-0.3, -0.25) is 0 Å². The Hall–Kier alpha value is -1.06. The van der Waals surface area contributed by atoms with Crippen molar-refractivity contribution in [1.29, 1.82) is 0 Å². The van der Waals surface area contributed by atoms with Crippen molar-refractivity contribution in [3.05, 3.63) is 29.8 Å². The molecule has 1 aliphatic heterocycles. The van der Waals surface area contributed by atoms with Gasteiger partial charge in [0.2, 0.25) is 0 Å². The van der Waals surface area contributed by atoms with E-state index in [-0.39, 0.29) is 11.8 Å². The zero-order valence-corrected chi connectivity index (χ0v) is 9.85. The van der Waals surface area contributed by atoms with Gasteiger partial charge in [0.25, 0.3) is 0 Å². The molecule has 0 aromatic heterocycles. The van der Waals surface area contributed by atoms with Gasteiger partial charge in [-0.05, 0) is 51.1 Å². The van der Waals surface area contributed by atoms with Crippen LogP contribution in [0.3, 0.4) is 0 Å². The third-order valence-corrected chi connectivity index (χ3v) is 3.62. The summed E-state index contributed by atoms with van der Waals surface area (Å²) in [5, 5.41) is 19.9. The highest BCUT2D eigenvalue weighted by molar-refractivity contribution is 5.30. The van der Waals surface area contributed by atoms with Gasteiger partial charge in [0, 0.05) is 6.04 Å².